The predicted molar refractivity (Wildman–Crippen MR) is 128 cm³/mol. The molecule has 0 aliphatic rings. The highest BCUT2D eigenvalue weighted by molar-refractivity contribution is 7.76. The first kappa shape index (κ1) is 21.6. The van der Waals surface area contributed by atoms with Gasteiger partial charge < -0.3 is 0 Å². The summed E-state index contributed by atoms with van der Waals surface area (Å²) in [5.74, 6) is 3.37. The molecule has 148 valence electrons. The number of nitrogens with one attached hydrogen (secondary N) is 1. The van der Waals surface area contributed by atoms with E-state index in [0.29, 0.717) is 5.02 Å². The van der Waals surface area contributed by atoms with Gasteiger partial charge in [0.1, 0.15) is 8.07 Å². The molecule has 3 aromatic carbocycles. The van der Waals surface area contributed by atoms with Crippen molar-refractivity contribution in [2.24, 2.45) is 0 Å². The lowest BCUT2D eigenvalue weighted by atomic mass is 10.1. The summed E-state index contributed by atoms with van der Waals surface area (Å²) < 4.78 is 14.4. The molecule has 0 fully saturated rings. The highest BCUT2D eigenvalue weighted by Crippen LogP contribution is 2.41. The molecular weight excluding hydrogens is 413 g/mol. The third-order valence-electron chi connectivity index (χ3n) is 4.32. The first-order valence-corrected chi connectivity index (χ1v) is 15.1. The molecular formula is C24H25ClNOPSi. The highest BCUT2D eigenvalue weighted by atomic mass is 35.5. The SMILES string of the molecule is C[Si](C)(C)C#C[C@@H](NP(=O)(c1ccccc1)c1ccccc1)c1cccc(Cl)c1. The second-order valence-electron chi connectivity index (χ2n) is 7.92. The Labute approximate surface area is 179 Å². The van der Waals surface area contributed by atoms with E-state index in [1.165, 1.54) is 0 Å². The third kappa shape index (κ3) is 5.72. The van der Waals surface area contributed by atoms with Crippen LogP contribution in [0.3, 0.4) is 0 Å². The Morgan fingerprint density at radius 3 is 1.90 bits per heavy atom. The van der Waals surface area contributed by atoms with Crippen LogP contribution in [0.5, 0.6) is 0 Å². The predicted octanol–water partition coefficient (Wildman–Crippen LogP) is 5.78. The molecule has 3 rings (SSSR count). The molecule has 0 aliphatic heterocycles. The molecule has 0 heterocycles. The minimum absolute atomic E-state index is 0.397. The van der Waals surface area contributed by atoms with Crippen molar-refractivity contribution in [1.82, 2.24) is 5.09 Å². The van der Waals surface area contributed by atoms with E-state index in [-0.39, 0.29) is 0 Å². The summed E-state index contributed by atoms with van der Waals surface area (Å²) in [6, 6.07) is 26.3. The van der Waals surface area contributed by atoms with Crippen molar-refractivity contribution in [3.8, 4) is 11.5 Å². The van der Waals surface area contributed by atoms with Crippen molar-refractivity contribution in [2.75, 3.05) is 0 Å². The van der Waals surface area contributed by atoms with Crippen molar-refractivity contribution in [1.29, 1.82) is 0 Å². The van der Waals surface area contributed by atoms with Gasteiger partial charge in [-0.15, -0.1) is 5.54 Å². The van der Waals surface area contributed by atoms with Gasteiger partial charge >= 0.3 is 0 Å². The van der Waals surface area contributed by atoms with E-state index in [0.717, 1.165) is 16.2 Å². The summed E-state index contributed by atoms with van der Waals surface area (Å²) in [7, 11) is -4.75. The van der Waals surface area contributed by atoms with Crippen LogP contribution in [0.4, 0.5) is 0 Å². The lowest BCUT2D eigenvalue weighted by Crippen LogP contribution is -2.30. The van der Waals surface area contributed by atoms with Gasteiger partial charge in [0.05, 0.1) is 6.04 Å². The largest absolute Gasteiger partial charge is 0.296 e. The van der Waals surface area contributed by atoms with Crippen LogP contribution in [0.15, 0.2) is 84.9 Å². The summed E-state index contributed by atoms with van der Waals surface area (Å²) in [6.45, 7) is 6.59. The van der Waals surface area contributed by atoms with Crippen molar-refractivity contribution in [2.45, 2.75) is 25.7 Å². The van der Waals surface area contributed by atoms with Gasteiger partial charge in [-0.3, -0.25) is 4.57 Å². The van der Waals surface area contributed by atoms with Gasteiger partial charge in [-0.2, -0.15) is 0 Å². The number of hydrogen-bond donors (Lipinski definition) is 1. The second-order valence-corrected chi connectivity index (χ2v) is 15.6. The molecule has 1 atom stereocenters. The van der Waals surface area contributed by atoms with Gasteiger partial charge in [-0.1, -0.05) is 85.7 Å². The number of hydrogen-bond acceptors (Lipinski definition) is 1. The Hall–Kier alpha value is -2.08. The third-order valence-corrected chi connectivity index (χ3v) is 8.13. The van der Waals surface area contributed by atoms with Crippen LogP contribution in [-0.4, -0.2) is 8.07 Å². The first-order chi connectivity index (χ1) is 13.8. The Kier molecular flexibility index (Phi) is 6.83. The summed E-state index contributed by atoms with van der Waals surface area (Å²) in [4.78, 5) is 0. The van der Waals surface area contributed by atoms with Crippen LogP contribution < -0.4 is 15.7 Å². The molecule has 0 saturated carbocycles. The quantitative estimate of drug-likeness (QED) is 0.311. The molecule has 0 aromatic heterocycles. The lowest BCUT2D eigenvalue weighted by molar-refractivity contribution is 0.574. The maximum Gasteiger partial charge on any atom is 0.205 e. The van der Waals surface area contributed by atoms with E-state index in [2.05, 4.69) is 36.2 Å². The summed E-state index contributed by atoms with van der Waals surface area (Å²) >= 11 is 6.25. The topological polar surface area (TPSA) is 29.1 Å². The van der Waals surface area contributed by atoms with E-state index in [1.54, 1.807) is 0 Å². The van der Waals surface area contributed by atoms with Gasteiger partial charge in [-0.25, -0.2) is 5.09 Å². The van der Waals surface area contributed by atoms with Gasteiger partial charge in [-0.05, 0) is 42.0 Å². The zero-order valence-electron chi connectivity index (χ0n) is 16.9. The minimum atomic E-state index is -3.12. The normalized spacial score (nSPS) is 12.7. The molecule has 0 amide bonds. The van der Waals surface area contributed by atoms with Crippen LogP contribution >= 0.6 is 18.9 Å². The van der Waals surface area contributed by atoms with Crippen molar-refractivity contribution < 1.29 is 4.57 Å². The van der Waals surface area contributed by atoms with Gasteiger partial charge in [0.25, 0.3) is 0 Å². The molecule has 2 nitrogen and oxygen atoms in total. The molecule has 0 unspecified atom stereocenters. The van der Waals surface area contributed by atoms with Gasteiger partial charge in [0.15, 0.2) is 0 Å². The van der Waals surface area contributed by atoms with Crippen molar-refractivity contribution >= 4 is 37.6 Å². The minimum Gasteiger partial charge on any atom is -0.296 e. The second kappa shape index (κ2) is 9.16. The molecule has 5 heteroatoms. The van der Waals surface area contributed by atoms with E-state index in [9.17, 15) is 4.57 Å². The lowest BCUT2D eigenvalue weighted by Gasteiger charge is -2.25. The van der Waals surface area contributed by atoms with E-state index in [1.807, 2.05) is 84.9 Å². The Bertz CT molecular complexity index is 1030. The van der Waals surface area contributed by atoms with Crippen LogP contribution in [0.25, 0.3) is 0 Å². The molecule has 29 heavy (non-hydrogen) atoms. The smallest absolute Gasteiger partial charge is 0.205 e. The fraction of sp³-hybridized carbons (Fsp3) is 0.167. The average molecular weight is 438 g/mol. The first-order valence-electron chi connectivity index (χ1n) is 9.55. The Morgan fingerprint density at radius 1 is 0.862 bits per heavy atom. The van der Waals surface area contributed by atoms with Crippen LogP contribution in [0.1, 0.15) is 11.6 Å². The van der Waals surface area contributed by atoms with Crippen LogP contribution in [0.2, 0.25) is 24.7 Å². The Morgan fingerprint density at radius 2 is 1.41 bits per heavy atom. The molecule has 3 aromatic rings. The number of benzene rings is 3. The highest BCUT2D eigenvalue weighted by Gasteiger charge is 2.30. The average Bonchev–Trinajstić information content (AvgIpc) is 2.71. The summed E-state index contributed by atoms with van der Waals surface area (Å²) in [5, 5.41) is 5.58. The molecule has 0 spiro atoms. The number of halogens is 1. The van der Waals surface area contributed by atoms with E-state index in [4.69, 9.17) is 11.6 Å². The molecule has 0 saturated heterocycles. The van der Waals surface area contributed by atoms with Crippen LogP contribution in [0, 0.1) is 11.5 Å². The molecule has 0 bridgehead atoms. The van der Waals surface area contributed by atoms with Crippen LogP contribution in [-0.2, 0) is 4.57 Å². The fourth-order valence-corrected chi connectivity index (χ4v) is 6.05. The summed E-state index contributed by atoms with van der Waals surface area (Å²) in [5.41, 5.74) is 4.34. The zero-order chi connectivity index (χ0) is 20.9. The molecule has 0 radical (unpaired) electrons. The molecule has 0 aliphatic carbocycles. The zero-order valence-corrected chi connectivity index (χ0v) is 19.5. The maximum atomic E-state index is 14.4. The monoisotopic (exact) mass is 437 g/mol. The van der Waals surface area contributed by atoms with Gasteiger partial charge in [0, 0.05) is 15.6 Å². The van der Waals surface area contributed by atoms with E-state index < -0.39 is 21.4 Å². The van der Waals surface area contributed by atoms with Gasteiger partial charge in [0.2, 0.25) is 7.29 Å². The van der Waals surface area contributed by atoms with Crippen molar-refractivity contribution in [3.63, 3.8) is 0 Å². The standard InChI is InChI=1S/C24H25ClNOPSi/c1-29(2,3)18-17-24(20-11-10-12-21(25)19-20)26-28(27,22-13-6-4-7-14-22)23-15-8-5-9-16-23/h4-16,19,24H,1-3H3,(H,26,27)/t24-/m1/s1. The fourth-order valence-electron chi connectivity index (χ4n) is 2.92. The maximum absolute atomic E-state index is 14.4. The summed E-state index contributed by atoms with van der Waals surface area (Å²) in [6.07, 6.45) is 0. The molecule has 1 N–H and O–H groups in total. The van der Waals surface area contributed by atoms with E-state index >= 15 is 0 Å². The number of rotatable bonds is 5. The Balaban J connectivity index is 2.13. The van der Waals surface area contributed by atoms with Crippen molar-refractivity contribution in [3.05, 3.63) is 95.5 Å².